The van der Waals surface area contributed by atoms with E-state index in [-0.39, 0.29) is 5.91 Å². The van der Waals surface area contributed by atoms with Crippen molar-refractivity contribution in [2.24, 2.45) is 5.92 Å². The highest BCUT2D eigenvalue weighted by Gasteiger charge is 2.20. The van der Waals surface area contributed by atoms with Gasteiger partial charge < -0.3 is 10.6 Å². The molecule has 1 aromatic carbocycles. The van der Waals surface area contributed by atoms with Crippen molar-refractivity contribution >= 4 is 5.91 Å². The number of hydrogen-bond acceptors (Lipinski definition) is 3. The van der Waals surface area contributed by atoms with E-state index in [1.165, 1.54) is 49.9 Å². The van der Waals surface area contributed by atoms with Gasteiger partial charge in [0.1, 0.15) is 0 Å². The first kappa shape index (κ1) is 15.5. The van der Waals surface area contributed by atoms with Crippen LogP contribution in [-0.2, 0) is 17.9 Å². The number of amides is 1. The third-order valence-corrected chi connectivity index (χ3v) is 4.53. The lowest BCUT2D eigenvalue weighted by Gasteiger charge is -2.14. The average molecular weight is 301 g/mol. The summed E-state index contributed by atoms with van der Waals surface area (Å²) >= 11 is 0. The summed E-state index contributed by atoms with van der Waals surface area (Å²) in [7, 11) is 0. The van der Waals surface area contributed by atoms with Gasteiger partial charge >= 0.3 is 0 Å². The molecule has 4 heteroatoms. The predicted molar refractivity (Wildman–Crippen MR) is 88.4 cm³/mol. The Bertz CT molecular complexity index is 476. The van der Waals surface area contributed by atoms with Crippen LogP contribution in [0.4, 0.5) is 0 Å². The van der Waals surface area contributed by atoms with Crippen LogP contribution in [0.3, 0.4) is 0 Å². The Morgan fingerprint density at radius 2 is 1.77 bits per heavy atom. The molecule has 0 unspecified atom stereocenters. The van der Waals surface area contributed by atoms with E-state index in [2.05, 4.69) is 39.8 Å². The minimum Gasteiger partial charge on any atom is -0.351 e. The molecule has 1 heterocycles. The van der Waals surface area contributed by atoms with E-state index in [1.807, 2.05) is 0 Å². The van der Waals surface area contributed by atoms with Crippen molar-refractivity contribution < 1.29 is 4.79 Å². The molecule has 1 aromatic rings. The molecule has 1 aliphatic carbocycles. The van der Waals surface area contributed by atoms with E-state index >= 15 is 0 Å². The Hall–Kier alpha value is -1.39. The van der Waals surface area contributed by atoms with Crippen molar-refractivity contribution in [1.82, 2.24) is 15.5 Å². The Balaban J connectivity index is 1.35. The lowest BCUT2D eigenvalue weighted by Crippen LogP contribution is -2.34. The number of rotatable bonds is 8. The lowest BCUT2D eigenvalue weighted by atomic mass is 10.1. The molecular weight excluding hydrogens is 274 g/mol. The van der Waals surface area contributed by atoms with E-state index < -0.39 is 0 Å². The summed E-state index contributed by atoms with van der Waals surface area (Å²) in [6.07, 6.45) is 5.30. The third-order valence-electron chi connectivity index (χ3n) is 4.53. The van der Waals surface area contributed by atoms with Gasteiger partial charge in [0.05, 0.1) is 6.54 Å². The van der Waals surface area contributed by atoms with Crippen LogP contribution in [0.2, 0.25) is 0 Å². The number of carbonyl (C=O) groups is 1. The molecule has 120 valence electrons. The largest absolute Gasteiger partial charge is 0.351 e. The molecule has 0 atom stereocenters. The summed E-state index contributed by atoms with van der Waals surface area (Å²) < 4.78 is 0. The van der Waals surface area contributed by atoms with Crippen molar-refractivity contribution in [1.29, 1.82) is 0 Å². The fourth-order valence-electron chi connectivity index (χ4n) is 2.94. The van der Waals surface area contributed by atoms with Gasteiger partial charge in [-0.05, 0) is 62.4 Å². The second-order valence-electron chi connectivity index (χ2n) is 6.65. The first-order valence-electron chi connectivity index (χ1n) is 8.57. The Morgan fingerprint density at radius 3 is 2.45 bits per heavy atom. The van der Waals surface area contributed by atoms with E-state index in [9.17, 15) is 4.79 Å². The average Bonchev–Trinajstić information content (AvgIpc) is 3.21. The second-order valence-corrected chi connectivity index (χ2v) is 6.65. The van der Waals surface area contributed by atoms with Crippen LogP contribution in [0.5, 0.6) is 0 Å². The van der Waals surface area contributed by atoms with Crippen LogP contribution < -0.4 is 10.6 Å². The fourth-order valence-corrected chi connectivity index (χ4v) is 2.94. The number of likely N-dealkylation sites (tertiary alicyclic amines) is 1. The van der Waals surface area contributed by atoms with Crippen LogP contribution in [-0.4, -0.2) is 37.0 Å². The van der Waals surface area contributed by atoms with Gasteiger partial charge in [-0.2, -0.15) is 0 Å². The number of hydrogen-bond donors (Lipinski definition) is 2. The topological polar surface area (TPSA) is 44.4 Å². The maximum Gasteiger partial charge on any atom is 0.234 e. The quantitative estimate of drug-likeness (QED) is 0.771. The van der Waals surface area contributed by atoms with Crippen molar-refractivity contribution in [2.75, 3.05) is 26.2 Å². The number of benzene rings is 1. The van der Waals surface area contributed by atoms with Crippen LogP contribution in [0.25, 0.3) is 0 Å². The molecule has 0 bridgehead atoms. The zero-order valence-electron chi connectivity index (χ0n) is 13.3. The molecule has 0 radical (unpaired) electrons. The number of carbonyl (C=O) groups excluding carboxylic acids is 1. The van der Waals surface area contributed by atoms with E-state index in [0.717, 1.165) is 19.0 Å². The highest BCUT2D eigenvalue weighted by atomic mass is 16.1. The van der Waals surface area contributed by atoms with Crippen molar-refractivity contribution in [3.05, 3.63) is 35.4 Å². The van der Waals surface area contributed by atoms with Gasteiger partial charge in [0.25, 0.3) is 0 Å². The summed E-state index contributed by atoms with van der Waals surface area (Å²) in [6, 6.07) is 8.63. The van der Waals surface area contributed by atoms with Gasteiger partial charge in [0.2, 0.25) is 5.91 Å². The molecule has 22 heavy (non-hydrogen) atoms. The summed E-state index contributed by atoms with van der Waals surface area (Å²) in [4.78, 5) is 14.2. The Labute approximate surface area is 133 Å². The van der Waals surface area contributed by atoms with Crippen LogP contribution >= 0.6 is 0 Å². The predicted octanol–water partition coefficient (Wildman–Crippen LogP) is 1.90. The fraction of sp³-hybridized carbons (Fsp3) is 0.611. The first-order chi connectivity index (χ1) is 10.8. The molecule has 1 aliphatic heterocycles. The molecule has 1 amide bonds. The van der Waals surface area contributed by atoms with Gasteiger partial charge in [-0.3, -0.25) is 9.69 Å². The SMILES string of the molecule is O=C(CNCC1CC1)NCc1ccc(CN2CCCC2)cc1. The lowest BCUT2D eigenvalue weighted by molar-refractivity contribution is -0.120. The molecular formula is C18H27N3O. The Morgan fingerprint density at radius 1 is 1.09 bits per heavy atom. The monoisotopic (exact) mass is 301 g/mol. The van der Waals surface area contributed by atoms with Crippen molar-refractivity contribution in [3.8, 4) is 0 Å². The maximum atomic E-state index is 11.7. The summed E-state index contributed by atoms with van der Waals surface area (Å²) in [5, 5.41) is 6.19. The molecule has 1 saturated heterocycles. The molecule has 1 saturated carbocycles. The minimum absolute atomic E-state index is 0.0850. The zero-order valence-corrected chi connectivity index (χ0v) is 13.3. The van der Waals surface area contributed by atoms with Crippen LogP contribution in [0.15, 0.2) is 24.3 Å². The third kappa shape index (κ3) is 5.11. The van der Waals surface area contributed by atoms with Crippen LogP contribution in [0, 0.1) is 5.92 Å². The standard InChI is InChI=1S/C18H27N3O/c22-18(13-19-11-15-3-4-15)20-12-16-5-7-17(8-6-16)14-21-9-1-2-10-21/h5-8,15,19H,1-4,9-14H2,(H,20,22). The van der Waals surface area contributed by atoms with Crippen molar-refractivity contribution in [2.45, 2.75) is 38.8 Å². The summed E-state index contributed by atoms with van der Waals surface area (Å²) in [5.41, 5.74) is 2.53. The Kier molecular flexibility index (Phi) is 5.46. The highest BCUT2D eigenvalue weighted by Crippen LogP contribution is 2.27. The number of nitrogens with zero attached hydrogens (tertiary/aromatic N) is 1. The molecule has 3 rings (SSSR count). The summed E-state index contributed by atoms with van der Waals surface area (Å²) in [5.74, 6) is 0.901. The highest BCUT2D eigenvalue weighted by molar-refractivity contribution is 5.77. The van der Waals surface area contributed by atoms with Crippen LogP contribution in [0.1, 0.15) is 36.8 Å². The van der Waals surface area contributed by atoms with Gasteiger partial charge in [-0.25, -0.2) is 0 Å². The van der Waals surface area contributed by atoms with Gasteiger partial charge in [-0.1, -0.05) is 24.3 Å². The first-order valence-corrected chi connectivity index (χ1v) is 8.57. The summed E-state index contributed by atoms with van der Waals surface area (Å²) in [6.45, 7) is 5.55. The van der Waals surface area contributed by atoms with E-state index in [4.69, 9.17) is 0 Å². The molecule has 0 spiro atoms. The molecule has 0 aromatic heterocycles. The molecule has 4 nitrogen and oxygen atoms in total. The maximum absolute atomic E-state index is 11.7. The smallest absolute Gasteiger partial charge is 0.234 e. The van der Waals surface area contributed by atoms with Gasteiger partial charge in [0.15, 0.2) is 0 Å². The molecule has 2 fully saturated rings. The van der Waals surface area contributed by atoms with Gasteiger partial charge in [-0.15, -0.1) is 0 Å². The van der Waals surface area contributed by atoms with Crippen molar-refractivity contribution in [3.63, 3.8) is 0 Å². The van der Waals surface area contributed by atoms with E-state index in [0.29, 0.717) is 13.1 Å². The minimum atomic E-state index is 0.0850. The van der Waals surface area contributed by atoms with E-state index in [1.54, 1.807) is 0 Å². The zero-order chi connectivity index (χ0) is 15.2. The number of nitrogens with one attached hydrogen (secondary N) is 2. The van der Waals surface area contributed by atoms with Gasteiger partial charge in [0, 0.05) is 13.1 Å². The molecule has 2 aliphatic rings. The molecule has 2 N–H and O–H groups in total. The normalized spacial score (nSPS) is 18.5. The second kappa shape index (κ2) is 7.75.